The number of benzene rings is 1. The SMILES string of the molecule is CCCOc1cc(C)ccc1NC1CCC(C)C1. The summed E-state index contributed by atoms with van der Waals surface area (Å²) in [6.07, 6.45) is 4.95. The summed E-state index contributed by atoms with van der Waals surface area (Å²) in [4.78, 5) is 0. The molecule has 0 aromatic heterocycles. The van der Waals surface area contributed by atoms with Crippen LogP contribution in [0, 0.1) is 12.8 Å². The van der Waals surface area contributed by atoms with Gasteiger partial charge in [-0.1, -0.05) is 19.9 Å². The van der Waals surface area contributed by atoms with Gasteiger partial charge in [-0.25, -0.2) is 0 Å². The Labute approximate surface area is 111 Å². The lowest BCUT2D eigenvalue weighted by Crippen LogP contribution is -2.16. The van der Waals surface area contributed by atoms with Crippen molar-refractivity contribution in [1.29, 1.82) is 0 Å². The van der Waals surface area contributed by atoms with Crippen LogP contribution in [0.15, 0.2) is 18.2 Å². The highest BCUT2D eigenvalue weighted by molar-refractivity contribution is 5.58. The van der Waals surface area contributed by atoms with Gasteiger partial charge in [0.25, 0.3) is 0 Å². The number of ether oxygens (including phenoxy) is 1. The van der Waals surface area contributed by atoms with Crippen LogP contribution in [0.2, 0.25) is 0 Å². The van der Waals surface area contributed by atoms with Gasteiger partial charge in [0.1, 0.15) is 5.75 Å². The Morgan fingerprint density at radius 1 is 1.33 bits per heavy atom. The molecule has 0 heterocycles. The molecule has 100 valence electrons. The molecule has 1 aromatic rings. The third-order valence-corrected chi connectivity index (χ3v) is 3.65. The monoisotopic (exact) mass is 247 g/mol. The highest BCUT2D eigenvalue weighted by atomic mass is 16.5. The van der Waals surface area contributed by atoms with Crippen molar-refractivity contribution < 1.29 is 4.74 Å². The predicted octanol–water partition coefficient (Wildman–Crippen LogP) is 4.38. The maximum Gasteiger partial charge on any atom is 0.142 e. The molecule has 1 aliphatic carbocycles. The van der Waals surface area contributed by atoms with E-state index >= 15 is 0 Å². The molecule has 1 fully saturated rings. The lowest BCUT2D eigenvalue weighted by Gasteiger charge is -2.18. The number of hydrogen-bond acceptors (Lipinski definition) is 2. The lowest BCUT2D eigenvalue weighted by atomic mass is 10.1. The second kappa shape index (κ2) is 6.12. The van der Waals surface area contributed by atoms with Crippen molar-refractivity contribution >= 4 is 5.69 Å². The van der Waals surface area contributed by atoms with E-state index in [2.05, 4.69) is 44.3 Å². The van der Waals surface area contributed by atoms with Gasteiger partial charge >= 0.3 is 0 Å². The highest BCUT2D eigenvalue weighted by Crippen LogP contribution is 2.32. The molecule has 2 nitrogen and oxygen atoms in total. The van der Waals surface area contributed by atoms with E-state index in [0.29, 0.717) is 6.04 Å². The van der Waals surface area contributed by atoms with E-state index in [-0.39, 0.29) is 0 Å². The maximum absolute atomic E-state index is 5.84. The van der Waals surface area contributed by atoms with Gasteiger partial charge in [0.2, 0.25) is 0 Å². The third-order valence-electron chi connectivity index (χ3n) is 3.65. The normalized spacial score (nSPS) is 23.1. The molecular weight excluding hydrogens is 222 g/mol. The van der Waals surface area contributed by atoms with Gasteiger partial charge in [0.05, 0.1) is 12.3 Å². The Kier molecular flexibility index (Phi) is 4.51. The van der Waals surface area contributed by atoms with Crippen molar-refractivity contribution in [2.75, 3.05) is 11.9 Å². The minimum atomic E-state index is 0.617. The van der Waals surface area contributed by atoms with Crippen molar-refractivity contribution in [2.24, 2.45) is 5.92 Å². The Hall–Kier alpha value is -1.18. The van der Waals surface area contributed by atoms with Crippen LogP contribution in [0.1, 0.15) is 45.1 Å². The predicted molar refractivity (Wildman–Crippen MR) is 77.4 cm³/mol. The number of nitrogens with one attached hydrogen (secondary N) is 1. The van der Waals surface area contributed by atoms with Crippen LogP contribution in [0.4, 0.5) is 5.69 Å². The zero-order valence-corrected chi connectivity index (χ0v) is 11.8. The molecule has 2 heteroatoms. The van der Waals surface area contributed by atoms with Crippen LogP contribution < -0.4 is 10.1 Å². The first kappa shape index (κ1) is 13.3. The standard InChI is InChI=1S/C16H25NO/c1-4-9-18-16-11-13(3)6-8-15(16)17-14-7-5-12(2)10-14/h6,8,11-12,14,17H,4-5,7,9-10H2,1-3H3. The zero-order valence-electron chi connectivity index (χ0n) is 11.8. The van der Waals surface area contributed by atoms with Crippen LogP contribution in [0.5, 0.6) is 5.75 Å². The first-order chi connectivity index (χ1) is 8.69. The highest BCUT2D eigenvalue weighted by Gasteiger charge is 2.21. The topological polar surface area (TPSA) is 21.3 Å². The van der Waals surface area contributed by atoms with Gasteiger partial charge in [-0.2, -0.15) is 0 Å². The molecule has 0 bridgehead atoms. The van der Waals surface area contributed by atoms with Crippen LogP contribution >= 0.6 is 0 Å². The number of hydrogen-bond donors (Lipinski definition) is 1. The van der Waals surface area contributed by atoms with Gasteiger partial charge < -0.3 is 10.1 Å². The molecule has 0 saturated heterocycles. The molecule has 2 atom stereocenters. The maximum atomic E-state index is 5.84. The Morgan fingerprint density at radius 3 is 2.83 bits per heavy atom. The van der Waals surface area contributed by atoms with Gasteiger partial charge in [0.15, 0.2) is 0 Å². The van der Waals surface area contributed by atoms with E-state index < -0.39 is 0 Å². The van der Waals surface area contributed by atoms with Crippen LogP contribution in [0.25, 0.3) is 0 Å². The molecule has 0 amide bonds. The van der Waals surface area contributed by atoms with E-state index in [4.69, 9.17) is 4.74 Å². The molecule has 1 aromatic carbocycles. The van der Waals surface area contributed by atoms with Crippen LogP contribution in [-0.4, -0.2) is 12.6 Å². The summed E-state index contributed by atoms with van der Waals surface area (Å²) < 4.78 is 5.84. The minimum Gasteiger partial charge on any atom is -0.491 e. The summed E-state index contributed by atoms with van der Waals surface area (Å²) in [5.41, 5.74) is 2.42. The molecule has 1 aliphatic rings. The summed E-state index contributed by atoms with van der Waals surface area (Å²) in [5.74, 6) is 1.87. The molecular formula is C16H25NO. The quantitative estimate of drug-likeness (QED) is 0.833. The average Bonchev–Trinajstić information content (AvgIpc) is 2.75. The molecule has 18 heavy (non-hydrogen) atoms. The van der Waals surface area contributed by atoms with Crippen LogP contribution in [-0.2, 0) is 0 Å². The lowest BCUT2D eigenvalue weighted by molar-refractivity contribution is 0.318. The molecule has 2 rings (SSSR count). The van der Waals surface area contributed by atoms with Crippen molar-refractivity contribution in [3.05, 3.63) is 23.8 Å². The number of aryl methyl sites for hydroxylation is 1. The van der Waals surface area contributed by atoms with Crippen molar-refractivity contribution in [1.82, 2.24) is 0 Å². The fraction of sp³-hybridized carbons (Fsp3) is 0.625. The summed E-state index contributed by atoms with van der Waals surface area (Å²) in [5, 5.41) is 3.65. The Morgan fingerprint density at radius 2 is 2.17 bits per heavy atom. The van der Waals surface area contributed by atoms with Gasteiger partial charge in [-0.3, -0.25) is 0 Å². The molecule has 0 spiro atoms. The van der Waals surface area contributed by atoms with Gasteiger partial charge in [-0.15, -0.1) is 0 Å². The van der Waals surface area contributed by atoms with Crippen LogP contribution in [0.3, 0.4) is 0 Å². The molecule has 0 aliphatic heterocycles. The number of rotatable bonds is 5. The zero-order chi connectivity index (χ0) is 13.0. The first-order valence-corrected chi connectivity index (χ1v) is 7.19. The van der Waals surface area contributed by atoms with E-state index in [1.54, 1.807) is 0 Å². The van der Waals surface area contributed by atoms with E-state index in [0.717, 1.165) is 30.4 Å². The van der Waals surface area contributed by atoms with Crippen molar-refractivity contribution in [2.45, 2.75) is 52.5 Å². The second-order valence-electron chi connectivity index (χ2n) is 5.61. The summed E-state index contributed by atoms with van der Waals surface area (Å²) in [6, 6.07) is 7.06. The van der Waals surface area contributed by atoms with Gasteiger partial charge in [0, 0.05) is 6.04 Å². The molecule has 2 unspecified atom stereocenters. The van der Waals surface area contributed by atoms with E-state index in [1.165, 1.54) is 24.8 Å². The fourth-order valence-electron chi connectivity index (χ4n) is 2.64. The minimum absolute atomic E-state index is 0.617. The van der Waals surface area contributed by atoms with Gasteiger partial charge in [-0.05, 0) is 56.2 Å². The fourth-order valence-corrected chi connectivity index (χ4v) is 2.64. The Bertz CT molecular complexity index is 389. The largest absolute Gasteiger partial charge is 0.491 e. The molecule has 1 N–H and O–H groups in total. The van der Waals surface area contributed by atoms with Crippen molar-refractivity contribution in [3.63, 3.8) is 0 Å². The Balaban J connectivity index is 2.06. The molecule has 1 saturated carbocycles. The smallest absolute Gasteiger partial charge is 0.142 e. The molecule has 0 radical (unpaired) electrons. The van der Waals surface area contributed by atoms with E-state index in [9.17, 15) is 0 Å². The van der Waals surface area contributed by atoms with Crippen molar-refractivity contribution in [3.8, 4) is 5.75 Å². The summed E-state index contributed by atoms with van der Waals surface area (Å²) >= 11 is 0. The number of anilines is 1. The average molecular weight is 247 g/mol. The third kappa shape index (κ3) is 3.41. The summed E-state index contributed by atoms with van der Waals surface area (Å²) in [6.45, 7) is 7.38. The second-order valence-corrected chi connectivity index (χ2v) is 5.61. The van der Waals surface area contributed by atoms with E-state index in [1.807, 2.05) is 0 Å². The first-order valence-electron chi connectivity index (χ1n) is 7.19. The summed E-state index contributed by atoms with van der Waals surface area (Å²) in [7, 11) is 0.